The summed E-state index contributed by atoms with van der Waals surface area (Å²) in [4.78, 5) is 15.8. The molecule has 0 saturated heterocycles. The van der Waals surface area contributed by atoms with Crippen LogP contribution < -0.4 is 15.4 Å². The zero-order valence-electron chi connectivity index (χ0n) is 25.1. The summed E-state index contributed by atoms with van der Waals surface area (Å²) in [6, 6.07) is 18.6. The van der Waals surface area contributed by atoms with Crippen molar-refractivity contribution < 1.29 is 19.0 Å². The number of nitrogens with zero attached hydrogens (tertiary/aromatic N) is 1. The monoisotopic (exact) mass is 573 g/mol. The lowest BCUT2D eigenvalue weighted by atomic mass is 9.97. The zero-order chi connectivity index (χ0) is 29.7. The molecule has 1 aliphatic carbocycles. The van der Waals surface area contributed by atoms with Crippen molar-refractivity contribution in [3.8, 4) is 5.75 Å². The van der Waals surface area contributed by atoms with Crippen LogP contribution in [0.25, 0.3) is 0 Å². The summed E-state index contributed by atoms with van der Waals surface area (Å²) < 4.78 is 20.6. The Hall–Kier alpha value is -3.26. The number of hydrogen-bond donors (Lipinski definition) is 3. The molecule has 5 rings (SSSR count). The van der Waals surface area contributed by atoms with Crippen molar-refractivity contribution in [2.45, 2.75) is 76.6 Å². The van der Waals surface area contributed by atoms with Crippen LogP contribution in [0, 0.1) is 12.7 Å². The van der Waals surface area contributed by atoms with Gasteiger partial charge in [-0.05, 0) is 106 Å². The van der Waals surface area contributed by atoms with Gasteiger partial charge in [-0.25, -0.2) is 4.39 Å². The molecule has 3 aromatic rings. The Kier molecular flexibility index (Phi) is 9.61. The van der Waals surface area contributed by atoms with Crippen LogP contribution in [0.1, 0.15) is 70.8 Å². The molecule has 2 aliphatic rings. The first kappa shape index (κ1) is 30.2. The largest absolute Gasteiger partial charge is 0.493 e. The van der Waals surface area contributed by atoms with E-state index < -0.39 is 18.0 Å². The molecule has 1 amide bonds. The van der Waals surface area contributed by atoms with Crippen LogP contribution >= 0.6 is 0 Å². The summed E-state index contributed by atoms with van der Waals surface area (Å²) in [5.74, 6) is -0.176. The minimum atomic E-state index is -0.897. The number of aryl methyl sites for hydroxylation is 2. The van der Waals surface area contributed by atoms with Crippen LogP contribution in [0.2, 0.25) is 0 Å². The molecular formula is C35H44FN3O3. The van der Waals surface area contributed by atoms with Crippen LogP contribution in [-0.4, -0.2) is 54.8 Å². The Balaban J connectivity index is 1.40. The van der Waals surface area contributed by atoms with E-state index in [1.165, 1.54) is 23.3 Å². The van der Waals surface area contributed by atoms with E-state index >= 15 is 0 Å². The third-order valence-electron chi connectivity index (χ3n) is 8.51. The number of rotatable bonds is 6. The van der Waals surface area contributed by atoms with E-state index in [1.807, 2.05) is 25.1 Å². The van der Waals surface area contributed by atoms with Crippen molar-refractivity contribution in [3.05, 3.63) is 99.9 Å². The van der Waals surface area contributed by atoms with Crippen molar-refractivity contribution in [2.75, 3.05) is 26.7 Å². The highest BCUT2D eigenvalue weighted by molar-refractivity contribution is 5.94. The molecule has 2 atom stereocenters. The van der Waals surface area contributed by atoms with E-state index in [-0.39, 0.29) is 17.9 Å². The summed E-state index contributed by atoms with van der Waals surface area (Å²) in [5.41, 5.74) is 5.66. The Morgan fingerprint density at radius 1 is 1.12 bits per heavy atom. The van der Waals surface area contributed by atoms with Crippen molar-refractivity contribution in [1.82, 2.24) is 15.5 Å². The van der Waals surface area contributed by atoms with Crippen LogP contribution in [0.3, 0.4) is 0 Å². The number of fused-ring (bicyclic) bond motifs is 4. The molecule has 1 aliphatic heterocycles. The molecule has 3 N–H and O–H groups in total. The minimum absolute atomic E-state index is 0.162. The van der Waals surface area contributed by atoms with Crippen LogP contribution in [-0.2, 0) is 24.9 Å². The maximum absolute atomic E-state index is 14.7. The van der Waals surface area contributed by atoms with E-state index in [1.54, 1.807) is 0 Å². The molecule has 42 heavy (non-hydrogen) atoms. The summed E-state index contributed by atoms with van der Waals surface area (Å²) in [6.07, 6.45) is 4.13. The van der Waals surface area contributed by atoms with E-state index in [4.69, 9.17) is 4.74 Å². The number of carbonyl (C=O) groups excluding carboxylic acids is 1. The van der Waals surface area contributed by atoms with Crippen LogP contribution in [0.4, 0.5) is 4.39 Å². The van der Waals surface area contributed by atoms with Crippen LogP contribution in [0.15, 0.2) is 60.7 Å². The molecular weight excluding hydrogens is 529 g/mol. The Morgan fingerprint density at radius 2 is 1.95 bits per heavy atom. The van der Waals surface area contributed by atoms with E-state index in [0.717, 1.165) is 56.3 Å². The molecule has 7 heteroatoms. The van der Waals surface area contributed by atoms with Crippen LogP contribution in [0.5, 0.6) is 5.75 Å². The fraction of sp³-hybridized carbons (Fsp3) is 0.457. The third-order valence-corrected chi connectivity index (χ3v) is 8.51. The Morgan fingerprint density at radius 3 is 2.74 bits per heavy atom. The first-order valence-electron chi connectivity index (χ1n) is 15.3. The average molecular weight is 574 g/mol. The van der Waals surface area contributed by atoms with Gasteiger partial charge in [0.25, 0.3) is 5.91 Å². The lowest BCUT2D eigenvalue weighted by Gasteiger charge is -2.28. The Bertz CT molecular complexity index is 1390. The molecule has 0 radical (unpaired) electrons. The number of carbonyl (C=O) groups is 1. The normalized spacial score (nSPS) is 20.2. The second kappa shape index (κ2) is 13.4. The first-order chi connectivity index (χ1) is 20.2. The number of aliphatic hydroxyl groups is 1. The molecule has 4 bridgehead atoms. The highest BCUT2D eigenvalue weighted by atomic mass is 19.1. The molecule has 1 fully saturated rings. The third kappa shape index (κ3) is 7.77. The average Bonchev–Trinajstić information content (AvgIpc) is 3.75. The van der Waals surface area contributed by atoms with Gasteiger partial charge in [-0.2, -0.15) is 0 Å². The fourth-order valence-electron chi connectivity index (χ4n) is 5.98. The summed E-state index contributed by atoms with van der Waals surface area (Å²) >= 11 is 0. The van der Waals surface area contributed by atoms with Crippen molar-refractivity contribution in [2.24, 2.45) is 0 Å². The first-order valence-corrected chi connectivity index (χ1v) is 15.3. The Labute approximate surface area is 249 Å². The SMILES string of the molecule is CCc1cccc(C2(NC[C@@H](O)[C@@H]3Cc4cc(F)cc(c4)OCCCCN(C)Cc4cc(C)cc(c4)C(=O)N3)CC2)c1. The summed E-state index contributed by atoms with van der Waals surface area (Å²) in [7, 11) is 2.07. The van der Waals surface area contributed by atoms with Gasteiger partial charge in [-0.1, -0.05) is 42.8 Å². The number of nitrogens with one attached hydrogen (secondary N) is 2. The van der Waals surface area contributed by atoms with Gasteiger partial charge in [-0.15, -0.1) is 0 Å². The zero-order valence-corrected chi connectivity index (χ0v) is 25.1. The highest BCUT2D eigenvalue weighted by Crippen LogP contribution is 2.45. The maximum atomic E-state index is 14.7. The van der Waals surface area contributed by atoms with Crippen molar-refractivity contribution in [1.29, 1.82) is 0 Å². The second-order valence-corrected chi connectivity index (χ2v) is 12.2. The van der Waals surface area contributed by atoms with E-state index in [0.29, 0.717) is 30.0 Å². The number of amides is 1. The van der Waals surface area contributed by atoms with E-state index in [2.05, 4.69) is 59.8 Å². The number of aliphatic hydroxyl groups excluding tert-OH is 1. The van der Waals surface area contributed by atoms with Gasteiger partial charge in [0, 0.05) is 30.3 Å². The van der Waals surface area contributed by atoms with Gasteiger partial charge >= 0.3 is 0 Å². The summed E-state index contributed by atoms with van der Waals surface area (Å²) in [5, 5.41) is 18.2. The van der Waals surface area contributed by atoms with Crippen molar-refractivity contribution >= 4 is 5.91 Å². The fourth-order valence-corrected chi connectivity index (χ4v) is 5.98. The molecule has 3 aromatic carbocycles. The molecule has 224 valence electrons. The topological polar surface area (TPSA) is 73.8 Å². The lowest BCUT2D eigenvalue weighted by Crippen LogP contribution is -2.50. The minimum Gasteiger partial charge on any atom is -0.493 e. The van der Waals surface area contributed by atoms with Gasteiger partial charge in [0.15, 0.2) is 0 Å². The summed E-state index contributed by atoms with van der Waals surface area (Å²) in [6.45, 7) is 6.55. The highest BCUT2D eigenvalue weighted by Gasteiger charge is 2.44. The van der Waals surface area contributed by atoms with Gasteiger partial charge in [-0.3, -0.25) is 4.79 Å². The molecule has 1 saturated carbocycles. The molecule has 0 aromatic heterocycles. The van der Waals surface area contributed by atoms with Gasteiger partial charge < -0.3 is 25.4 Å². The quantitative estimate of drug-likeness (QED) is 0.374. The predicted molar refractivity (Wildman–Crippen MR) is 164 cm³/mol. The molecule has 1 heterocycles. The number of benzene rings is 3. The number of halogens is 1. The smallest absolute Gasteiger partial charge is 0.251 e. The molecule has 0 unspecified atom stereocenters. The van der Waals surface area contributed by atoms with E-state index in [9.17, 15) is 14.3 Å². The molecule has 6 nitrogen and oxygen atoms in total. The number of hydrogen-bond acceptors (Lipinski definition) is 5. The van der Waals surface area contributed by atoms with Gasteiger partial charge in [0.2, 0.25) is 0 Å². The lowest BCUT2D eigenvalue weighted by molar-refractivity contribution is 0.0821. The standard InChI is InChI=1S/C35H44FN3O3/c1-4-25-8-7-9-29(17-25)35(10-11-35)37-22-33(40)32-20-26-18-30(36)21-31(19-26)42-13-6-5-12-39(3)23-27-14-24(2)15-28(16-27)34(41)38-32/h7-9,14-19,21,32-33,37,40H,4-6,10-13,20,22-23H2,1-3H3,(H,38,41)/t32-,33+/m0/s1. The number of ether oxygens (including phenoxy) is 1. The maximum Gasteiger partial charge on any atom is 0.251 e. The van der Waals surface area contributed by atoms with Crippen molar-refractivity contribution in [3.63, 3.8) is 0 Å². The van der Waals surface area contributed by atoms with Gasteiger partial charge in [0.1, 0.15) is 11.6 Å². The van der Waals surface area contributed by atoms with Gasteiger partial charge in [0.05, 0.1) is 18.8 Å². The predicted octanol–water partition coefficient (Wildman–Crippen LogP) is 5.28. The molecule has 0 spiro atoms. The second-order valence-electron chi connectivity index (χ2n) is 12.2.